The smallest absolute Gasteiger partial charge is 0.0137 e. The summed E-state index contributed by atoms with van der Waals surface area (Å²) in [5.74, 6) is 0. The van der Waals surface area contributed by atoms with Crippen LogP contribution in [-0.2, 0) is 0 Å². The van der Waals surface area contributed by atoms with E-state index in [4.69, 9.17) is 0 Å². The Morgan fingerprint density at radius 1 is 1.70 bits per heavy atom. The lowest BCUT2D eigenvalue weighted by Gasteiger charge is -2.35. The lowest BCUT2D eigenvalue weighted by molar-refractivity contribution is 0.283. The Bertz CT molecular complexity index is 140. The monoisotopic (exact) mass is 139 g/mol. The van der Waals surface area contributed by atoms with Crippen molar-refractivity contribution in [2.75, 3.05) is 6.54 Å². The Labute approximate surface area is 63.5 Å². The summed E-state index contributed by atoms with van der Waals surface area (Å²) >= 11 is 0. The second kappa shape index (κ2) is 2.75. The minimum atomic E-state index is 0.387. The van der Waals surface area contributed by atoms with E-state index < -0.39 is 0 Å². The van der Waals surface area contributed by atoms with Gasteiger partial charge in [-0.05, 0) is 13.3 Å². The first-order chi connectivity index (χ1) is 4.69. The van der Waals surface area contributed by atoms with Gasteiger partial charge in [-0.25, -0.2) is 0 Å². The van der Waals surface area contributed by atoms with Crippen LogP contribution in [-0.4, -0.2) is 12.6 Å². The van der Waals surface area contributed by atoms with Gasteiger partial charge in [-0.15, -0.1) is 0 Å². The molecule has 1 N–H and O–H groups in total. The molecular weight excluding hydrogens is 122 g/mol. The molecule has 1 nitrogen and oxygen atoms in total. The van der Waals surface area contributed by atoms with E-state index in [9.17, 15) is 0 Å². The minimum Gasteiger partial charge on any atom is -0.310 e. The van der Waals surface area contributed by atoms with Crippen LogP contribution in [0.4, 0.5) is 0 Å². The first-order valence-electron chi connectivity index (χ1n) is 4.10. The summed E-state index contributed by atoms with van der Waals surface area (Å²) in [6, 6.07) is 0.627. The molecule has 0 saturated heterocycles. The van der Waals surface area contributed by atoms with E-state index in [1.54, 1.807) is 0 Å². The van der Waals surface area contributed by atoms with Gasteiger partial charge in [0.05, 0.1) is 0 Å². The Hall–Kier alpha value is -0.300. The van der Waals surface area contributed by atoms with E-state index in [1.165, 1.54) is 6.42 Å². The van der Waals surface area contributed by atoms with Crippen LogP contribution in [0.3, 0.4) is 0 Å². The maximum absolute atomic E-state index is 3.44. The Kier molecular flexibility index (Phi) is 2.14. The normalized spacial score (nSPS) is 40.1. The third-order valence-corrected chi connectivity index (χ3v) is 2.79. The van der Waals surface area contributed by atoms with Gasteiger partial charge in [0, 0.05) is 18.0 Å². The van der Waals surface area contributed by atoms with Crippen molar-refractivity contribution in [2.24, 2.45) is 5.41 Å². The summed E-state index contributed by atoms with van der Waals surface area (Å²) in [7, 11) is 0. The first kappa shape index (κ1) is 7.80. The molecule has 58 valence electrons. The Balaban J connectivity index is 2.71. The third kappa shape index (κ3) is 1.24. The van der Waals surface area contributed by atoms with Gasteiger partial charge in [0.15, 0.2) is 0 Å². The molecule has 0 radical (unpaired) electrons. The average Bonchev–Trinajstić information content (AvgIpc) is 1.96. The summed E-state index contributed by atoms with van der Waals surface area (Å²) in [6.07, 6.45) is 5.79. The van der Waals surface area contributed by atoms with Crippen molar-refractivity contribution >= 4 is 0 Å². The Morgan fingerprint density at radius 3 is 2.80 bits per heavy atom. The molecule has 1 aliphatic rings. The van der Waals surface area contributed by atoms with Gasteiger partial charge >= 0.3 is 0 Å². The molecule has 0 spiro atoms. The van der Waals surface area contributed by atoms with Gasteiger partial charge in [-0.1, -0.05) is 26.0 Å². The highest BCUT2D eigenvalue weighted by atomic mass is 14.9. The fourth-order valence-corrected chi connectivity index (χ4v) is 1.37. The molecule has 0 aromatic heterocycles. The minimum absolute atomic E-state index is 0.387. The van der Waals surface area contributed by atoms with Crippen molar-refractivity contribution in [3.05, 3.63) is 12.2 Å². The molecule has 0 fully saturated rings. The highest BCUT2D eigenvalue weighted by molar-refractivity contribution is 5.06. The molecule has 0 aliphatic carbocycles. The molecule has 0 bridgehead atoms. The van der Waals surface area contributed by atoms with Crippen LogP contribution in [0.5, 0.6) is 0 Å². The molecule has 0 amide bonds. The third-order valence-electron chi connectivity index (χ3n) is 2.79. The van der Waals surface area contributed by atoms with Crippen LogP contribution in [0.2, 0.25) is 0 Å². The van der Waals surface area contributed by atoms with Gasteiger partial charge in [-0.2, -0.15) is 0 Å². The fourth-order valence-electron chi connectivity index (χ4n) is 1.37. The van der Waals surface area contributed by atoms with Gasteiger partial charge in [0.1, 0.15) is 0 Å². The predicted octanol–water partition coefficient (Wildman–Crippen LogP) is 1.95. The summed E-state index contributed by atoms with van der Waals surface area (Å²) < 4.78 is 0. The summed E-state index contributed by atoms with van der Waals surface area (Å²) in [5, 5.41) is 3.44. The Morgan fingerprint density at radius 2 is 2.40 bits per heavy atom. The summed E-state index contributed by atoms with van der Waals surface area (Å²) in [6.45, 7) is 7.85. The maximum Gasteiger partial charge on any atom is 0.0137 e. The van der Waals surface area contributed by atoms with Gasteiger partial charge in [0.2, 0.25) is 0 Å². The van der Waals surface area contributed by atoms with Crippen LogP contribution in [0.15, 0.2) is 12.2 Å². The molecule has 0 aromatic rings. The molecular formula is C9H17N. The molecule has 1 unspecified atom stereocenters. The number of hydrogen-bond donors (Lipinski definition) is 1. The van der Waals surface area contributed by atoms with Crippen molar-refractivity contribution < 1.29 is 0 Å². The van der Waals surface area contributed by atoms with Gasteiger partial charge in [0.25, 0.3) is 0 Å². The lowest BCUT2D eigenvalue weighted by atomic mass is 9.79. The van der Waals surface area contributed by atoms with E-state index in [0.717, 1.165) is 6.54 Å². The lowest BCUT2D eigenvalue weighted by Crippen LogP contribution is -2.42. The zero-order chi connectivity index (χ0) is 7.61. The van der Waals surface area contributed by atoms with Crippen LogP contribution in [0.1, 0.15) is 27.2 Å². The number of hydrogen-bond acceptors (Lipinski definition) is 1. The molecule has 1 rings (SSSR count). The van der Waals surface area contributed by atoms with Crippen molar-refractivity contribution in [1.29, 1.82) is 0 Å². The van der Waals surface area contributed by atoms with Crippen LogP contribution >= 0.6 is 0 Å². The second-order valence-electron chi connectivity index (χ2n) is 3.39. The zero-order valence-electron chi connectivity index (χ0n) is 7.15. The van der Waals surface area contributed by atoms with Crippen molar-refractivity contribution in [1.82, 2.24) is 5.32 Å². The topological polar surface area (TPSA) is 12.0 Å². The molecule has 1 aliphatic heterocycles. The van der Waals surface area contributed by atoms with Crippen LogP contribution < -0.4 is 5.32 Å². The summed E-state index contributed by atoms with van der Waals surface area (Å²) in [4.78, 5) is 0. The van der Waals surface area contributed by atoms with E-state index in [0.29, 0.717) is 11.5 Å². The quantitative estimate of drug-likeness (QED) is 0.547. The fraction of sp³-hybridized carbons (Fsp3) is 0.778. The SMILES string of the molecule is CC[C@@]1(C)C=CCNC1C. The summed E-state index contributed by atoms with van der Waals surface area (Å²) in [5.41, 5.74) is 0.387. The van der Waals surface area contributed by atoms with E-state index >= 15 is 0 Å². The highest BCUT2D eigenvalue weighted by Crippen LogP contribution is 2.29. The van der Waals surface area contributed by atoms with E-state index in [2.05, 4.69) is 38.2 Å². The van der Waals surface area contributed by atoms with Gasteiger partial charge in [-0.3, -0.25) is 0 Å². The largest absolute Gasteiger partial charge is 0.310 e. The maximum atomic E-state index is 3.44. The van der Waals surface area contributed by atoms with Crippen LogP contribution in [0.25, 0.3) is 0 Å². The van der Waals surface area contributed by atoms with Crippen molar-refractivity contribution in [3.8, 4) is 0 Å². The highest BCUT2D eigenvalue weighted by Gasteiger charge is 2.27. The van der Waals surface area contributed by atoms with E-state index in [1.807, 2.05) is 0 Å². The second-order valence-corrected chi connectivity index (χ2v) is 3.39. The number of nitrogens with one attached hydrogen (secondary N) is 1. The predicted molar refractivity (Wildman–Crippen MR) is 45.0 cm³/mol. The molecule has 1 heteroatoms. The number of rotatable bonds is 1. The zero-order valence-corrected chi connectivity index (χ0v) is 7.15. The van der Waals surface area contributed by atoms with Gasteiger partial charge < -0.3 is 5.32 Å². The van der Waals surface area contributed by atoms with E-state index in [-0.39, 0.29) is 0 Å². The first-order valence-corrected chi connectivity index (χ1v) is 4.10. The van der Waals surface area contributed by atoms with Crippen molar-refractivity contribution in [3.63, 3.8) is 0 Å². The average molecular weight is 139 g/mol. The molecule has 0 saturated carbocycles. The molecule has 1 heterocycles. The van der Waals surface area contributed by atoms with Crippen molar-refractivity contribution in [2.45, 2.75) is 33.2 Å². The molecule has 0 aromatic carbocycles. The molecule has 10 heavy (non-hydrogen) atoms. The molecule has 2 atom stereocenters. The van der Waals surface area contributed by atoms with Crippen LogP contribution in [0, 0.1) is 5.41 Å². The standard InChI is InChI=1S/C9H17N/c1-4-9(3)6-5-7-10-8(9)2/h5-6,8,10H,4,7H2,1-3H3/t8?,9-/m0/s1.